The van der Waals surface area contributed by atoms with Crippen molar-refractivity contribution in [3.05, 3.63) is 83.3 Å². The third-order valence-corrected chi connectivity index (χ3v) is 3.37. The van der Waals surface area contributed by atoms with Gasteiger partial charge in [0.25, 0.3) is 0 Å². The van der Waals surface area contributed by atoms with Crippen molar-refractivity contribution in [2.24, 2.45) is 4.99 Å². The Morgan fingerprint density at radius 1 is 1.09 bits per heavy atom. The minimum absolute atomic E-state index is 0.379. The zero-order chi connectivity index (χ0) is 16.1. The van der Waals surface area contributed by atoms with Crippen LogP contribution in [0.25, 0.3) is 12.2 Å². The molecule has 1 aromatic carbocycles. The highest BCUT2D eigenvalue weighted by Crippen LogP contribution is 2.17. The minimum Gasteiger partial charge on any atom is -0.466 e. The maximum absolute atomic E-state index is 11.1. The summed E-state index contributed by atoms with van der Waals surface area (Å²) in [6.45, 7) is 0. The van der Waals surface area contributed by atoms with Crippen molar-refractivity contribution in [3.8, 4) is 0 Å². The molecule has 0 spiro atoms. The number of nitrogens with one attached hydrogen (secondary N) is 1. The molecule has 0 bridgehead atoms. The molecular weight excluding hydrogens is 288 g/mol. The summed E-state index contributed by atoms with van der Waals surface area (Å²) in [7, 11) is 1.35. The van der Waals surface area contributed by atoms with Crippen molar-refractivity contribution in [2.45, 2.75) is 0 Å². The van der Waals surface area contributed by atoms with Crippen LogP contribution in [0.2, 0.25) is 0 Å². The fourth-order valence-corrected chi connectivity index (χ4v) is 2.22. The molecule has 4 nitrogen and oxygen atoms in total. The first kappa shape index (κ1) is 14.8. The van der Waals surface area contributed by atoms with Gasteiger partial charge in [-0.15, -0.1) is 0 Å². The number of esters is 1. The van der Waals surface area contributed by atoms with E-state index >= 15 is 0 Å². The van der Waals surface area contributed by atoms with Gasteiger partial charge >= 0.3 is 5.97 Å². The average Bonchev–Trinajstić information content (AvgIpc) is 3.23. The number of hydrogen-bond acceptors (Lipinski definition) is 3. The van der Waals surface area contributed by atoms with E-state index in [1.165, 1.54) is 13.2 Å². The van der Waals surface area contributed by atoms with Crippen molar-refractivity contribution in [2.75, 3.05) is 7.11 Å². The van der Waals surface area contributed by atoms with Gasteiger partial charge in [0, 0.05) is 23.0 Å². The first-order valence-corrected chi connectivity index (χ1v) is 7.23. The third kappa shape index (κ3) is 3.74. The van der Waals surface area contributed by atoms with Crippen LogP contribution in [0.1, 0.15) is 17.0 Å². The van der Waals surface area contributed by atoms with E-state index in [-0.39, 0.29) is 5.97 Å². The molecule has 1 aromatic heterocycles. The lowest BCUT2D eigenvalue weighted by Crippen LogP contribution is -1.93. The molecule has 23 heavy (non-hydrogen) atoms. The number of hydrogen-bond donors (Lipinski definition) is 1. The van der Waals surface area contributed by atoms with Gasteiger partial charge in [-0.2, -0.15) is 0 Å². The molecule has 114 valence electrons. The molecule has 1 aliphatic heterocycles. The van der Waals surface area contributed by atoms with Crippen LogP contribution >= 0.6 is 0 Å². The molecule has 0 amide bonds. The number of aromatic nitrogens is 1. The van der Waals surface area contributed by atoms with Crippen LogP contribution in [0.4, 0.5) is 0 Å². The van der Waals surface area contributed by atoms with Crippen molar-refractivity contribution in [3.63, 3.8) is 0 Å². The van der Waals surface area contributed by atoms with Gasteiger partial charge in [-0.3, -0.25) is 0 Å². The Bertz CT molecular complexity index is 824. The number of aliphatic imine (C=N–C) groups is 1. The van der Waals surface area contributed by atoms with Gasteiger partial charge in [-0.25, -0.2) is 9.79 Å². The highest BCUT2D eigenvalue weighted by molar-refractivity contribution is 6.11. The van der Waals surface area contributed by atoms with Gasteiger partial charge in [0.15, 0.2) is 0 Å². The minimum atomic E-state index is -0.379. The molecule has 0 saturated carbocycles. The smallest absolute Gasteiger partial charge is 0.330 e. The Morgan fingerprint density at radius 3 is 2.65 bits per heavy atom. The lowest BCUT2D eigenvalue weighted by molar-refractivity contribution is -0.134. The van der Waals surface area contributed by atoms with Crippen LogP contribution < -0.4 is 0 Å². The Labute approximate surface area is 134 Å². The van der Waals surface area contributed by atoms with Crippen LogP contribution in [0.3, 0.4) is 0 Å². The summed E-state index contributed by atoms with van der Waals surface area (Å²) in [5, 5.41) is 0. The number of allylic oxidation sites excluding steroid dienone is 2. The summed E-state index contributed by atoms with van der Waals surface area (Å²) < 4.78 is 4.56. The number of ether oxygens (including phenoxy) is 1. The molecule has 4 heteroatoms. The first-order chi connectivity index (χ1) is 11.2. The largest absolute Gasteiger partial charge is 0.466 e. The van der Waals surface area contributed by atoms with Gasteiger partial charge in [-0.05, 0) is 36.4 Å². The molecule has 3 rings (SSSR count). The summed E-state index contributed by atoms with van der Waals surface area (Å²) in [6, 6.07) is 13.9. The summed E-state index contributed by atoms with van der Waals surface area (Å²) in [5.74, 6) is -0.379. The highest BCUT2D eigenvalue weighted by Gasteiger charge is 2.06. The number of benzene rings is 1. The van der Waals surface area contributed by atoms with Crippen LogP contribution in [0.15, 0.2) is 71.4 Å². The Hall–Kier alpha value is -3.14. The SMILES string of the molecule is COC(=O)/C=C/c1ccc(/C=C2/C=CC(c3ccccc3)=N2)[nH]1. The quantitative estimate of drug-likeness (QED) is 0.693. The van der Waals surface area contributed by atoms with Crippen molar-refractivity contribution in [1.29, 1.82) is 0 Å². The van der Waals surface area contributed by atoms with E-state index < -0.39 is 0 Å². The van der Waals surface area contributed by atoms with Crippen LogP contribution in [0, 0.1) is 0 Å². The number of rotatable bonds is 4. The van der Waals surface area contributed by atoms with Crippen molar-refractivity contribution in [1.82, 2.24) is 4.98 Å². The maximum atomic E-state index is 11.1. The molecule has 0 unspecified atom stereocenters. The normalized spacial score (nSPS) is 15.3. The van der Waals surface area contributed by atoms with E-state index in [2.05, 4.69) is 14.7 Å². The zero-order valence-electron chi connectivity index (χ0n) is 12.7. The molecule has 0 atom stereocenters. The molecule has 0 radical (unpaired) electrons. The maximum Gasteiger partial charge on any atom is 0.330 e. The molecule has 1 N–H and O–H groups in total. The van der Waals surface area contributed by atoms with Crippen LogP contribution in [-0.2, 0) is 9.53 Å². The van der Waals surface area contributed by atoms with E-state index in [0.29, 0.717) is 0 Å². The number of nitrogens with zero attached hydrogens (tertiary/aromatic N) is 1. The first-order valence-electron chi connectivity index (χ1n) is 7.23. The predicted molar refractivity (Wildman–Crippen MR) is 91.9 cm³/mol. The molecular formula is C19H16N2O2. The lowest BCUT2D eigenvalue weighted by Gasteiger charge is -1.96. The van der Waals surface area contributed by atoms with Gasteiger partial charge in [0.1, 0.15) is 0 Å². The predicted octanol–water partition coefficient (Wildman–Crippen LogP) is 3.60. The van der Waals surface area contributed by atoms with E-state index in [1.54, 1.807) is 6.08 Å². The number of carbonyl (C=O) groups excluding carboxylic acids is 1. The van der Waals surface area contributed by atoms with Crippen LogP contribution in [-0.4, -0.2) is 23.8 Å². The fraction of sp³-hybridized carbons (Fsp3) is 0.0526. The monoisotopic (exact) mass is 304 g/mol. The average molecular weight is 304 g/mol. The zero-order valence-corrected chi connectivity index (χ0v) is 12.7. The summed E-state index contributed by atoms with van der Waals surface area (Å²) in [4.78, 5) is 18.9. The van der Waals surface area contributed by atoms with E-state index in [1.807, 2.05) is 60.7 Å². The fourth-order valence-electron chi connectivity index (χ4n) is 2.22. The summed E-state index contributed by atoms with van der Waals surface area (Å²) >= 11 is 0. The second kappa shape index (κ2) is 6.75. The second-order valence-corrected chi connectivity index (χ2v) is 4.99. The lowest BCUT2D eigenvalue weighted by atomic mass is 10.1. The second-order valence-electron chi connectivity index (χ2n) is 4.99. The van der Waals surface area contributed by atoms with E-state index in [9.17, 15) is 4.79 Å². The van der Waals surface area contributed by atoms with Crippen LogP contribution in [0.5, 0.6) is 0 Å². The van der Waals surface area contributed by atoms with E-state index in [0.717, 1.165) is 28.4 Å². The molecule has 0 saturated heterocycles. The highest BCUT2D eigenvalue weighted by atomic mass is 16.5. The molecule has 2 aromatic rings. The van der Waals surface area contributed by atoms with Crippen molar-refractivity contribution < 1.29 is 9.53 Å². The molecule has 0 aliphatic carbocycles. The molecule has 2 heterocycles. The Morgan fingerprint density at radius 2 is 1.87 bits per heavy atom. The number of H-pyrrole nitrogens is 1. The van der Waals surface area contributed by atoms with Crippen molar-refractivity contribution >= 4 is 23.8 Å². The standard InChI is InChI=1S/C19H16N2O2/c1-23-19(22)12-10-15-7-8-16(20-15)13-17-9-11-18(21-17)14-5-3-2-4-6-14/h2-13,20H,1H3/b12-10+,17-13-. The topological polar surface area (TPSA) is 54.4 Å². The summed E-state index contributed by atoms with van der Waals surface area (Å²) in [5.41, 5.74) is 4.69. The molecule has 0 fully saturated rings. The Balaban J connectivity index is 1.75. The number of methoxy groups -OCH3 is 1. The number of carbonyl (C=O) groups is 1. The van der Waals surface area contributed by atoms with Gasteiger partial charge in [0.2, 0.25) is 0 Å². The van der Waals surface area contributed by atoms with Gasteiger partial charge < -0.3 is 9.72 Å². The van der Waals surface area contributed by atoms with Gasteiger partial charge in [-0.1, -0.05) is 30.3 Å². The molecule has 1 aliphatic rings. The third-order valence-electron chi connectivity index (χ3n) is 3.37. The van der Waals surface area contributed by atoms with E-state index in [4.69, 9.17) is 0 Å². The van der Waals surface area contributed by atoms with Gasteiger partial charge in [0.05, 0.1) is 18.5 Å². The Kier molecular flexibility index (Phi) is 4.34. The number of aromatic amines is 1. The summed E-state index contributed by atoms with van der Waals surface area (Å²) in [6.07, 6.45) is 9.00.